The fourth-order valence-electron chi connectivity index (χ4n) is 2.49. The molecule has 0 saturated heterocycles. The summed E-state index contributed by atoms with van der Waals surface area (Å²) in [5, 5.41) is 11.6. The first-order valence-corrected chi connectivity index (χ1v) is 7.35. The van der Waals surface area contributed by atoms with Gasteiger partial charge in [0.15, 0.2) is 0 Å². The Hall–Kier alpha value is -1.58. The van der Waals surface area contributed by atoms with Crippen molar-refractivity contribution in [1.29, 1.82) is 0 Å². The minimum atomic E-state index is -0.901. The molecule has 1 aromatic heterocycles. The number of fused-ring (bicyclic) bond motifs is 1. The van der Waals surface area contributed by atoms with E-state index in [1.807, 2.05) is 44.2 Å². The summed E-state index contributed by atoms with van der Waals surface area (Å²) >= 11 is 3.50. The zero-order chi connectivity index (χ0) is 14.3. The van der Waals surface area contributed by atoms with Crippen molar-refractivity contribution in [1.82, 2.24) is 4.57 Å². The van der Waals surface area contributed by atoms with Gasteiger partial charge in [0.2, 0.25) is 0 Å². The van der Waals surface area contributed by atoms with Crippen molar-refractivity contribution in [3.63, 3.8) is 0 Å². The molecule has 0 bridgehead atoms. The van der Waals surface area contributed by atoms with Crippen molar-refractivity contribution in [2.45, 2.75) is 19.4 Å². The number of nitrogens with zero attached hydrogens (tertiary/aromatic N) is 1. The Morgan fingerprint density at radius 1 is 1.00 bits per heavy atom. The summed E-state index contributed by atoms with van der Waals surface area (Å²) < 4.78 is 3.15. The fourth-order valence-corrected chi connectivity index (χ4v) is 2.87. The highest BCUT2D eigenvalue weighted by atomic mass is 79.9. The van der Waals surface area contributed by atoms with Crippen LogP contribution < -0.4 is 0 Å². The Kier molecular flexibility index (Phi) is 3.19. The average Bonchev–Trinajstić information content (AvgIpc) is 2.78. The highest BCUT2D eigenvalue weighted by Crippen LogP contribution is 2.32. The number of para-hydroxylation sites is 1. The lowest BCUT2D eigenvalue weighted by Crippen LogP contribution is -2.20. The maximum absolute atomic E-state index is 10.5. The molecule has 3 heteroatoms. The SMILES string of the molecule is CC(C)(O)c1cc2cc(Br)ccc2n1-c1ccccc1. The van der Waals surface area contributed by atoms with Crippen LogP contribution >= 0.6 is 15.9 Å². The molecule has 0 aliphatic heterocycles. The molecular weight excluding hydrogens is 314 g/mol. The van der Waals surface area contributed by atoms with Gasteiger partial charge < -0.3 is 9.67 Å². The van der Waals surface area contributed by atoms with Gasteiger partial charge in [-0.1, -0.05) is 34.1 Å². The largest absolute Gasteiger partial charge is 0.384 e. The first-order valence-electron chi connectivity index (χ1n) is 6.56. The summed E-state index contributed by atoms with van der Waals surface area (Å²) in [4.78, 5) is 0. The molecule has 0 spiro atoms. The first kappa shape index (κ1) is 13.4. The molecule has 1 N–H and O–H groups in total. The standard InChI is InChI=1S/C17H16BrNO/c1-17(2,20)16-11-12-10-13(18)8-9-15(12)19(16)14-6-4-3-5-7-14/h3-11,20H,1-2H3. The lowest BCUT2D eigenvalue weighted by Gasteiger charge is -2.21. The highest BCUT2D eigenvalue weighted by molar-refractivity contribution is 9.10. The summed E-state index contributed by atoms with van der Waals surface area (Å²) in [5.41, 5.74) is 2.14. The Morgan fingerprint density at radius 2 is 1.70 bits per heavy atom. The van der Waals surface area contributed by atoms with Crippen LogP contribution in [0.25, 0.3) is 16.6 Å². The van der Waals surface area contributed by atoms with E-state index in [0.717, 1.165) is 26.8 Å². The summed E-state index contributed by atoms with van der Waals surface area (Å²) in [6.07, 6.45) is 0. The minimum absolute atomic E-state index is 0.886. The van der Waals surface area contributed by atoms with Gasteiger partial charge in [0, 0.05) is 15.5 Å². The molecule has 0 unspecified atom stereocenters. The third-order valence-corrected chi connectivity index (χ3v) is 3.90. The van der Waals surface area contributed by atoms with Crippen molar-refractivity contribution in [2.75, 3.05) is 0 Å². The lowest BCUT2D eigenvalue weighted by molar-refractivity contribution is 0.0725. The third kappa shape index (κ3) is 2.28. The maximum Gasteiger partial charge on any atom is 0.0993 e. The summed E-state index contributed by atoms with van der Waals surface area (Å²) in [7, 11) is 0. The Balaban J connectivity index is 2.38. The number of rotatable bonds is 2. The summed E-state index contributed by atoms with van der Waals surface area (Å²) in [6, 6.07) is 18.3. The predicted octanol–water partition coefficient (Wildman–Crippen LogP) is 4.62. The molecule has 2 nitrogen and oxygen atoms in total. The van der Waals surface area contributed by atoms with Gasteiger partial charge in [-0.3, -0.25) is 0 Å². The van der Waals surface area contributed by atoms with Gasteiger partial charge in [0.1, 0.15) is 0 Å². The van der Waals surface area contributed by atoms with E-state index in [4.69, 9.17) is 0 Å². The number of hydrogen-bond donors (Lipinski definition) is 1. The molecule has 3 aromatic rings. The fraction of sp³-hybridized carbons (Fsp3) is 0.176. The van der Waals surface area contributed by atoms with Gasteiger partial charge in [-0.15, -0.1) is 0 Å². The summed E-state index contributed by atoms with van der Waals surface area (Å²) in [5.74, 6) is 0. The number of aliphatic hydroxyl groups is 1. The van der Waals surface area contributed by atoms with Crippen LogP contribution in [-0.2, 0) is 5.60 Å². The van der Waals surface area contributed by atoms with E-state index in [9.17, 15) is 5.11 Å². The van der Waals surface area contributed by atoms with Gasteiger partial charge in [0.05, 0.1) is 16.8 Å². The van der Waals surface area contributed by atoms with Crippen LogP contribution in [0.1, 0.15) is 19.5 Å². The molecule has 0 aliphatic rings. The van der Waals surface area contributed by atoms with E-state index >= 15 is 0 Å². The van der Waals surface area contributed by atoms with Crippen molar-refractivity contribution < 1.29 is 5.11 Å². The second-order valence-corrected chi connectivity index (χ2v) is 6.38. The Bertz CT molecular complexity index is 754. The molecule has 3 rings (SSSR count). The zero-order valence-corrected chi connectivity index (χ0v) is 13.1. The number of benzene rings is 2. The van der Waals surface area contributed by atoms with Crippen LogP contribution in [0.2, 0.25) is 0 Å². The van der Waals surface area contributed by atoms with E-state index in [0.29, 0.717) is 0 Å². The second kappa shape index (κ2) is 4.76. The van der Waals surface area contributed by atoms with Crippen LogP contribution in [0.15, 0.2) is 59.1 Å². The quantitative estimate of drug-likeness (QED) is 0.729. The first-order chi connectivity index (χ1) is 9.47. The Labute approximate surface area is 126 Å². The van der Waals surface area contributed by atoms with Gasteiger partial charge in [-0.05, 0) is 50.2 Å². The predicted molar refractivity (Wildman–Crippen MR) is 86.2 cm³/mol. The number of aromatic nitrogens is 1. The van der Waals surface area contributed by atoms with E-state index < -0.39 is 5.60 Å². The van der Waals surface area contributed by atoms with Crippen molar-refractivity contribution >= 4 is 26.8 Å². The molecule has 2 aromatic carbocycles. The lowest BCUT2D eigenvalue weighted by atomic mass is 10.1. The molecule has 0 atom stereocenters. The van der Waals surface area contributed by atoms with Crippen molar-refractivity contribution in [3.8, 4) is 5.69 Å². The van der Waals surface area contributed by atoms with Crippen LogP contribution in [0.5, 0.6) is 0 Å². The summed E-state index contributed by atoms with van der Waals surface area (Å²) in [6.45, 7) is 3.63. The van der Waals surface area contributed by atoms with Crippen LogP contribution in [-0.4, -0.2) is 9.67 Å². The molecule has 0 fully saturated rings. The molecule has 0 amide bonds. The number of hydrogen-bond acceptors (Lipinski definition) is 1. The zero-order valence-electron chi connectivity index (χ0n) is 11.5. The van der Waals surface area contributed by atoms with Gasteiger partial charge in [0.25, 0.3) is 0 Å². The molecule has 0 aliphatic carbocycles. The van der Waals surface area contributed by atoms with Crippen LogP contribution in [0.3, 0.4) is 0 Å². The van der Waals surface area contributed by atoms with Crippen molar-refractivity contribution in [2.24, 2.45) is 0 Å². The molecule has 0 radical (unpaired) electrons. The van der Waals surface area contributed by atoms with Gasteiger partial charge in [-0.2, -0.15) is 0 Å². The van der Waals surface area contributed by atoms with Gasteiger partial charge >= 0.3 is 0 Å². The number of halogens is 1. The average molecular weight is 330 g/mol. The van der Waals surface area contributed by atoms with Crippen LogP contribution in [0, 0.1) is 0 Å². The highest BCUT2D eigenvalue weighted by Gasteiger charge is 2.23. The molecular formula is C17H16BrNO. The van der Waals surface area contributed by atoms with E-state index in [2.05, 4.69) is 44.8 Å². The van der Waals surface area contributed by atoms with E-state index in [-0.39, 0.29) is 0 Å². The smallest absolute Gasteiger partial charge is 0.0993 e. The molecule has 102 valence electrons. The normalized spacial score (nSPS) is 12.0. The second-order valence-electron chi connectivity index (χ2n) is 5.46. The topological polar surface area (TPSA) is 25.2 Å². The molecule has 20 heavy (non-hydrogen) atoms. The monoisotopic (exact) mass is 329 g/mol. The van der Waals surface area contributed by atoms with Gasteiger partial charge in [-0.25, -0.2) is 0 Å². The Morgan fingerprint density at radius 3 is 2.35 bits per heavy atom. The third-order valence-electron chi connectivity index (χ3n) is 3.40. The van der Waals surface area contributed by atoms with Crippen LogP contribution in [0.4, 0.5) is 0 Å². The molecule has 1 heterocycles. The minimum Gasteiger partial charge on any atom is -0.384 e. The maximum atomic E-state index is 10.5. The van der Waals surface area contributed by atoms with E-state index in [1.165, 1.54) is 0 Å². The molecule has 0 saturated carbocycles. The van der Waals surface area contributed by atoms with E-state index in [1.54, 1.807) is 0 Å². The van der Waals surface area contributed by atoms with Crippen molar-refractivity contribution in [3.05, 3.63) is 64.8 Å².